The molecule has 0 radical (unpaired) electrons. The minimum Gasteiger partial charge on any atom is -0.480 e. The molecule has 0 bridgehead atoms. The number of carboxylic acid groups (broad SMARTS) is 1. The van der Waals surface area contributed by atoms with Gasteiger partial charge in [0.15, 0.2) is 0 Å². The molecule has 1 amide bonds. The third-order valence-corrected chi connectivity index (χ3v) is 3.48. The zero-order valence-corrected chi connectivity index (χ0v) is 13.3. The third-order valence-electron chi connectivity index (χ3n) is 3.48. The summed E-state index contributed by atoms with van der Waals surface area (Å²) in [6.45, 7) is 0. The van der Waals surface area contributed by atoms with Gasteiger partial charge in [-0.25, -0.2) is 13.6 Å². The van der Waals surface area contributed by atoms with Crippen molar-refractivity contribution in [1.29, 1.82) is 0 Å². The first kappa shape index (κ1) is 18.3. The molecule has 0 aliphatic heterocycles. The number of rotatable bonds is 7. The second-order valence-electron chi connectivity index (χ2n) is 5.42. The SMILES string of the molecule is O=C(Cc1ccc(F)cc1F)N[C@@H](C/C=C/c1ccccc1)C(=O)O. The van der Waals surface area contributed by atoms with Crippen molar-refractivity contribution in [3.63, 3.8) is 0 Å². The van der Waals surface area contributed by atoms with E-state index < -0.39 is 29.6 Å². The predicted octanol–water partition coefficient (Wildman–Crippen LogP) is 3.18. The highest BCUT2D eigenvalue weighted by Crippen LogP contribution is 2.10. The molecule has 0 aromatic heterocycles. The average Bonchev–Trinajstić information content (AvgIpc) is 2.57. The van der Waals surface area contributed by atoms with Crippen LogP contribution in [0.25, 0.3) is 6.08 Å². The molecule has 0 saturated heterocycles. The molecule has 25 heavy (non-hydrogen) atoms. The van der Waals surface area contributed by atoms with Gasteiger partial charge in [0.25, 0.3) is 0 Å². The largest absolute Gasteiger partial charge is 0.480 e. The van der Waals surface area contributed by atoms with E-state index in [4.69, 9.17) is 0 Å². The summed E-state index contributed by atoms with van der Waals surface area (Å²) in [4.78, 5) is 23.2. The van der Waals surface area contributed by atoms with Gasteiger partial charge >= 0.3 is 5.97 Å². The van der Waals surface area contributed by atoms with Crippen LogP contribution in [0.15, 0.2) is 54.6 Å². The van der Waals surface area contributed by atoms with Gasteiger partial charge in [0, 0.05) is 6.07 Å². The topological polar surface area (TPSA) is 66.4 Å². The van der Waals surface area contributed by atoms with Gasteiger partial charge in [-0.1, -0.05) is 48.6 Å². The highest BCUT2D eigenvalue weighted by molar-refractivity contribution is 5.85. The quantitative estimate of drug-likeness (QED) is 0.810. The van der Waals surface area contributed by atoms with Crippen LogP contribution in [0.2, 0.25) is 0 Å². The Morgan fingerprint density at radius 2 is 1.84 bits per heavy atom. The number of hydrogen-bond acceptors (Lipinski definition) is 2. The molecular formula is C19H17F2NO3. The van der Waals surface area contributed by atoms with E-state index in [1.807, 2.05) is 30.3 Å². The van der Waals surface area contributed by atoms with Crippen molar-refractivity contribution in [2.24, 2.45) is 0 Å². The molecule has 2 aromatic rings. The monoisotopic (exact) mass is 345 g/mol. The molecule has 0 spiro atoms. The lowest BCUT2D eigenvalue weighted by Crippen LogP contribution is -2.41. The summed E-state index contributed by atoms with van der Waals surface area (Å²) in [7, 11) is 0. The van der Waals surface area contributed by atoms with Gasteiger partial charge in [-0.15, -0.1) is 0 Å². The molecule has 6 heteroatoms. The number of amides is 1. The molecule has 2 aromatic carbocycles. The summed E-state index contributed by atoms with van der Waals surface area (Å²) in [5.74, 6) is -3.42. The first-order chi connectivity index (χ1) is 12.0. The van der Waals surface area contributed by atoms with Crippen LogP contribution in [0.3, 0.4) is 0 Å². The number of benzene rings is 2. The van der Waals surface area contributed by atoms with E-state index in [0.717, 1.165) is 17.7 Å². The van der Waals surface area contributed by atoms with Crippen molar-refractivity contribution in [3.8, 4) is 0 Å². The molecule has 0 aliphatic carbocycles. The van der Waals surface area contributed by atoms with E-state index in [1.54, 1.807) is 12.2 Å². The number of aliphatic carboxylic acids is 1. The van der Waals surface area contributed by atoms with Crippen LogP contribution in [0.5, 0.6) is 0 Å². The average molecular weight is 345 g/mol. The maximum absolute atomic E-state index is 13.5. The number of hydrogen-bond donors (Lipinski definition) is 2. The molecule has 130 valence electrons. The Kier molecular flexibility index (Phi) is 6.39. The first-order valence-electron chi connectivity index (χ1n) is 7.63. The lowest BCUT2D eigenvalue weighted by Gasteiger charge is -2.13. The highest BCUT2D eigenvalue weighted by atomic mass is 19.1. The number of carbonyl (C=O) groups excluding carboxylic acids is 1. The van der Waals surface area contributed by atoms with Gasteiger partial charge in [-0.3, -0.25) is 4.79 Å². The Hall–Kier alpha value is -3.02. The summed E-state index contributed by atoms with van der Waals surface area (Å²) >= 11 is 0. The molecule has 0 saturated carbocycles. The minimum atomic E-state index is -1.19. The molecule has 0 heterocycles. The van der Waals surface area contributed by atoms with E-state index in [9.17, 15) is 23.5 Å². The van der Waals surface area contributed by atoms with Gasteiger partial charge in [0.1, 0.15) is 17.7 Å². The Balaban J connectivity index is 1.95. The second kappa shape index (κ2) is 8.73. The second-order valence-corrected chi connectivity index (χ2v) is 5.42. The van der Waals surface area contributed by atoms with E-state index in [-0.39, 0.29) is 18.4 Å². The van der Waals surface area contributed by atoms with Gasteiger partial charge in [-0.2, -0.15) is 0 Å². The molecular weight excluding hydrogens is 328 g/mol. The molecule has 1 atom stereocenters. The van der Waals surface area contributed by atoms with Crippen molar-refractivity contribution >= 4 is 18.0 Å². The normalized spacial score (nSPS) is 12.1. The molecule has 2 N–H and O–H groups in total. The van der Waals surface area contributed by atoms with Crippen LogP contribution in [0, 0.1) is 11.6 Å². The van der Waals surface area contributed by atoms with Crippen LogP contribution < -0.4 is 5.32 Å². The van der Waals surface area contributed by atoms with Crippen molar-refractivity contribution in [2.75, 3.05) is 0 Å². The maximum atomic E-state index is 13.5. The molecule has 0 fully saturated rings. The summed E-state index contributed by atoms with van der Waals surface area (Å²) in [5, 5.41) is 11.5. The Morgan fingerprint density at radius 3 is 2.48 bits per heavy atom. The van der Waals surface area contributed by atoms with Crippen LogP contribution in [-0.2, 0) is 16.0 Å². The van der Waals surface area contributed by atoms with Gasteiger partial charge < -0.3 is 10.4 Å². The summed E-state index contributed by atoms with van der Waals surface area (Å²) in [5.41, 5.74) is 0.911. The smallest absolute Gasteiger partial charge is 0.326 e. The van der Waals surface area contributed by atoms with E-state index in [2.05, 4.69) is 5.32 Å². The van der Waals surface area contributed by atoms with Crippen LogP contribution >= 0.6 is 0 Å². The highest BCUT2D eigenvalue weighted by Gasteiger charge is 2.19. The fourth-order valence-corrected chi connectivity index (χ4v) is 2.21. The number of halogens is 2. The molecule has 0 aliphatic rings. The Morgan fingerprint density at radius 1 is 1.12 bits per heavy atom. The number of carboxylic acids is 1. The maximum Gasteiger partial charge on any atom is 0.326 e. The van der Waals surface area contributed by atoms with Crippen LogP contribution in [0.4, 0.5) is 8.78 Å². The number of nitrogens with one attached hydrogen (secondary N) is 1. The van der Waals surface area contributed by atoms with Gasteiger partial charge in [0.05, 0.1) is 6.42 Å². The predicted molar refractivity (Wildman–Crippen MR) is 89.7 cm³/mol. The van der Waals surface area contributed by atoms with Crippen molar-refractivity contribution < 1.29 is 23.5 Å². The number of carbonyl (C=O) groups is 2. The summed E-state index contributed by atoms with van der Waals surface area (Å²) in [6.07, 6.45) is 3.12. The lowest BCUT2D eigenvalue weighted by molar-refractivity contribution is -0.141. The molecule has 4 nitrogen and oxygen atoms in total. The van der Waals surface area contributed by atoms with Crippen molar-refractivity contribution in [2.45, 2.75) is 18.9 Å². The summed E-state index contributed by atoms with van der Waals surface area (Å²) in [6, 6.07) is 11.1. The fraction of sp³-hybridized carbons (Fsp3) is 0.158. The van der Waals surface area contributed by atoms with Crippen molar-refractivity contribution in [1.82, 2.24) is 5.32 Å². The Labute approximate surface area is 143 Å². The van der Waals surface area contributed by atoms with E-state index >= 15 is 0 Å². The van der Waals surface area contributed by atoms with E-state index in [1.165, 1.54) is 0 Å². The van der Waals surface area contributed by atoms with Crippen LogP contribution in [-0.4, -0.2) is 23.0 Å². The standard InChI is InChI=1S/C19H17F2NO3/c20-15-10-9-14(16(21)12-15)11-18(23)22-17(19(24)25)8-4-7-13-5-2-1-3-6-13/h1-7,9-10,12,17H,8,11H2,(H,22,23)(H,24,25)/b7-4+/t17-/m0/s1. The Bertz CT molecular complexity index is 775. The minimum absolute atomic E-state index is 0.00265. The van der Waals surface area contributed by atoms with Gasteiger partial charge in [0.2, 0.25) is 5.91 Å². The summed E-state index contributed by atoms with van der Waals surface area (Å²) < 4.78 is 26.4. The van der Waals surface area contributed by atoms with Crippen LogP contribution in [0.1, 0.15) is 17.5 Å². The zero-order chi connectivity index (χ0) is 18.2. The first-order valence-corrected chi connectivity index (χ1v) is 7.63. The molecule has 2 rings (SSSR count). The molecule has 0 unspecified atom stereocenters. The van der Waals surface area contributed by atoms with E-state index in [0.29, 0.717) is 6.07 Å². The van der Waals surface area contributed by atoms with Gasteiger partial charge in [-0.05, 0) is 23.6 Å². The van der Waals surface area contributed by atoms with Crippen molar-refractivity contribution in [3.05, 3.63) is 77.4 Å². The fourth-order valence-electron chi connectivity index (χ4n) is 2.21. The third kappa shape index (κ3) is 5.84. The zero-order valence-electron chi connectivity index (χ0n) is 13.3. The lowest BCUT2D eigenvalue weighted by atomic mass is 10.1.